The van der Waals surface area contributed by atoms with E-state index in [-0.39, 0.29) is 39.3 Å². The molecule has 1 aliphatic rings. The first kappa shape index (κ1) is 27.6. The fourth-order valence-electron chi connectivity index (χ4n) is 3.09. The van der Waals surface area contributed by atoms with Crippen molar-refractivity contribution in [1.29, 1.82) is 0 Å². The van der Waals surface area contributed by atoms with Crippen molar-refractivity contribution in [3.63, 3.8) is 0 Å². The highest BCUT2D eigenvalue weighted by molar-refractivity contribution is 9.10. The largest absolute Gasteiger partial charge is 0.504 e. The Kier molecular flexibility index (Phi) is 9.41. The van der Waals surface area contributed by atoms with Crippen molar-refractivity contribution in [2.24, 2.45) is 0 Å². The summed E-state index contributed by atoms with van der Waals surface area (Å²) in [5.41, 5.74) is 0.851. The molecule has 2 aromatic carbocycles. The predicted molar refractivity (Wildman–Crippen MR) is 140 cm³/mol. The molecule has 12 heteroatoms. The number of esters is 1. The topological polar surface area (TPSA) is 122 Å². The maximum atomic E-state index is 12.8. The molecular weight excluding hydrogens is 576 g/mol. The van der Waals surface area contributed by atoms with Crippen molar-refractivity contribution in [3.05, 3.63) is 55.9 Å². The number of amides is 3. The number of nitrogens with zero attached hydrogens (tertiary/aromatic N) is 1. The average molecular weight is 598 g/mol. The molecule has 0 aliphatic carbocycles. The molecule has 190 valence electrons. The van der Waals surface area contributed by atoms with Gasteiger partial charge >= 0.3 is 5.97 Å². The van der Waals surface area contributed by atoms with Gasteiger partial charge in [-0.25, -0.2) is 4.79 Å². The zero-order valence-electron chi connectivity index (χ0n) is 19.3. The smallest absolute Gasteiger partial charge is 0.339 e. The number of aromatic hydroxyl groups is 1. The summed E-state index contributed by atoms with van der Waals surface area (Å²) in [4.78, 5) is 51.0. The first-order chi connectivity index (χ1) is 17.1. The number of hydrogen-bond donors (Lipinski definition) is 2. The van der Waals surface area contributed by atoms with Gasteiger partial charge in [0.1, 0.15) is 6.54 Å². The summed E-state index contributed by atoms with van der Waals surface area (Å²) in [5, 5.41) is 12.1. The molecule has 1 fully saturated rings. The first-order valence-electron chi connectivity index (χ1n) is 10.8. The second kappa shape index (κ2) is 12.3. The maximum absolute atomic E-state index is 12.8. The number of hydrogen-bond acceptors (Lipinski definition) is 8. The van der Waals surface area contributed by atoms with Crippen LogP contribution < -0.4 is 10.1 Å². The van der Waals surface area contributed by atoms with Crippen molar-refractivity contribution >= 4 is 74.1 Å². The number of halogens is 2. The number of carbonyl (C=O) groups is 4. The molecule has 0 aromatic heterocycles. The molecule has 2 aromatic rings. The molecule has 3 rings (SSSR count). The van der Waals surface area contributed by atoms with Gasteiger partial charge in [-0.1, -0.05) is 34.5 Å². The van der Waals surface area contributed by atoms with Crippen LogP contribution in [0.15, 0.2) is 39.7 Å². The molecule has 1 aliphatic heterocycles. The minimum absolute atomic E-state index is 0.0744. The van der Waals surface area contributed by atoms with Crippen LogP contribution >= 0.6 is 39.3 Å². The Morgan fingerprint density at radius 2 is 1.97 bits per heavy atom. The third kappa shape index (κ3) is 6.59. The van der Waals surface area contributed by atoms with E-state index in [1.54, 1.807) is 6.92 Å². The number of thioether (sulfide) groups is 1. The fourth-order valence-corrected chi connectivity index (χ4v) is 4.56. The number of carbonyl (C=O) groups excluding carboxylic acids is 4. The highest BCUT2D eigenvalue weighted by Crippen LogP contribution is 2.37. The molecule has 0 saturated carbocycles. The van der Waals surface area contributed by atoms with E-state index in [2.05, 4.69) is 21.2 Å². The average Bonchev–Trinajstić information content (AvgIpc) is 3.09. The Morgan fingerprint density at radius 3 is 2.67 bits per heavy atom. The maximum Gasteiger partial charge on any atom is 0.339 e. The lowest BCUT2D eigenvalue weighted by Crippen LogP contribution is -2.36. The zero-order chi connectivity index (χ0) is 26.4. The number of ether oxygens (including phenoxy) is 2. The van der Waals surface area contributed by atoms with E-state index in [4.69, 9.17) is 21.1 Å². The second-order valence-electron chi connectivity index (χ2n) is 7.42. The van der Waals surface area contributed by atoms with Crippen LogP contribution in [0.3, 0.4) is 0 Å². The van der Waals surface area contributed by atoms with Gasteiger partial charge < -0.3 is 19.9 Å². The van der Waals surface area contributed by atoms with E-state index in [9.17, 15) is 24.3 Å². The lowest BCUT2D eigenvalue weighted by Gasteiger charge is -2.13. The van der Waals surface area contributed by atoms with Crippen LogP contribution in [0, 0.1) is 0 Å². The monoisotopic (exact) mass is 596 g/mol. The summed E-state index contributed by atoms with van der Waals surface area (Å²) in [7, 11) is 0. The lowest BCUT2D eigenvalue weighted by atomic mass is 10.2. The summed E-state index contributed by atoms with van der Waals surface area (Å²) >= 11 is 10.1. The molecule has 1 saturated heterocycles. The van der Waals surface area contributed by atoms with Crippen LogP contribution in [0.1, 0.15) is 36.2 Å². The fraction of sp³-hybridized carbons (Fsp3) is 0.250. The number of rotatable bonds is 9. The molecule has 2 N–H and O–H groups in total. The van der Waals surface area contributed by atoms with Gasteiger partial charge in [0.2, 0.25) is 5.91 Å². The standard InChI is InChI=1S/C24H22BrClN2O7S/c1-3-7-35-23(32)15-10-14(5-6-17(15)26)27-21(30)12-28-22(31)20(36-24(28)33)9-13-8-19(34-4-2)18(29)11-16(13)25/h5-6,8-11,29H,3-4,7,12H2,1-2H3,(H,27,30)/b20-9-. The number of phenols is 1. The van der Waals surface area contributed by atoms with Crippen molar-refractivity contribution in [3.8, 4) is 11.5 Å². The molecule has 0 atom stereocenters. The van der Waals surface area contributed by atoms with Crippen LogP contribution in [0.25, 0.3) is 6.08 Å². The third-order valence-electron chi connectivity index (χ3n) is 4.75. The number of phenolic OH excluding ortho intramolecular Hbond substituents is 1. The van der Waals surface area contributed by atoms with Crippen LogP contribution in [-0.4, -0.2) is 52.8 Å². The minimum atomic E-state index is -0.641. The third-order valence-corrected chi connectivity index (χ3v) is 6.67. The molecule has 9 nitrogen and oxygen atoms in total. The molecule has 0 radical (unpaired) electrons. The first-order valence-corrected chi connectivity index (χ1v) is 12.8. The zero-order valence-corrected chi connectivity index (χ0v) is 22.5. The van der Waals surface area contributed by atoms with E-state index in [1.165, 1.54) is 36.4 Å². The van der Waals surface area contributed by atoms with Gasteiger partial charge in [-0.3, -0.25) is 19.3 Å². The van der Waals surface area contributed by atoms with E-state index >= 15 is 0 Å². The van der Waals surface area contributed by atoms with Crippen LogP contribution in [0.2, 0.25) is 5.02 Å². The number of anilines is 1. The van der Waals surface area contributed by atoms with E-state index < -0.39 is 29.6 Å². The van der Waals surface area contributed by atoms with Gasteiger partial charge in [-0.2, -0.15) is 0 Å². The summed E-state index contributed by atoms with van der Waals surface area (Å²) in [6.07, 6.45) is 2.12. The Balaban J connectivity index is 1.72. The number of benzene rings is 2. The van der Waals surface area contributed by atoms with Gasteiger partial charge in [0, 0.05) is 10.2 Å². The van der Waals surface area contributed by atoms with E-state index in [0.717, 1.165) is 4.90 Å². The molecule has 1 heterocycles. The predicted octanol–water partition coefficient (Wildman–Crippen LogP) is 5.45. The van der Waals surface area contributed by atoms with Crippen molar-refractivity contribution in [2.45, 2.75) is 20.3 Å². The Labute approximate surface area is 224 Å². The lowest BCUT2D eigenvalue weighted by molar-refractivity contribution is -0.127. The van der Waals surface area contributed by atoms with Crippen molar-refractivity contribution < 1.29 is 33.8 Å². The van der Waals surface area contributed by atoms with Crippen molar-refractivity contribution in [2.75, 3.05) is 25.1 Å². The minimum Gasteiger partial charge on any atom is -0.504 e. The molecule has 0 spiro atoms. The van der Waals surface area contributed by atoms with E-state index in [1.807, 2.05) is 6.92 Å². The second-order valence-corrected chi connectivity index (χ2v) is 9.68. The molecule has 36 heavy (non-hydrogen) atoms. The quantitative estimate of drug-likeness (QED) is 0.289. The highest BCUT2D eigenvalue weighted by Gasteiger charge is 2.36. The highest BCUT2D eigenvalue weighted by atomic mass is 79.9. The van der Waals surface area contributed by atoms with Crippen LogP contribution in [-0.2, 0) is 14.3 Å². The number of imide groups is 1. The number of nitrogens with one attached hydrogen (secondary N) is 1. The van der Waals surface area contributed by atoms with E-state index in [0.29, 0.717) is 34.8 Å². The van der Waals surface area contributed by atoms with Crippen LogP contribution in [0.4, 0.5) is 10.5 Å². The van der Waals surface area contributed by atoms with Gasteiger partial charge in [0.05, 0.1) is 28.7 Å². The van der Waals surface area contributed by atoms with Gasteiger partial charge in [0.25, 0.3) is 11.1 Å². The summed E-state index contributed by atoms with van der Waals surface area (Å²) in [6, 6.07) is 7.25. The molecule has 3 amide bonds. The summed E-state index contributed by atoms with van der Waals surface area (Å²) in [5.74, 6) is -1.75. The summed E-state index contributed by atoms with van der Waals surface area (Å²) < 4.78 is 10.9. The van der Waals surface area contributed by atoms with Gasteiger partial charge in [-0.05, 0) is 67.1 Å². The van der Waals surface area contributed by atoms with Gasteiger partial charge in [-0.15, -0.1) is 0 Å². The summed E-state index contributed by atoms with van der Waals surface area (Å²) in [6.45, 7) is 3.65. The Bertz CT molecular complexity index is 1250. The molecular formula is C24H22BrClN2O7S. The Hall–Kier alpha value is -3.02. The van der Waals surface area contributed by atoms with Crippen LogP contribution in [0.5, 0.6) is 11.5 Å². The van der Waals surface area contributed by atoms with Gasteiger partial charge in [0.15, 0.2) is 11.5 Å². The molecule has 0 bridgehead atoms. The normalized spacial score (nSPS) is 14.3. The van der Waals surface area contributed by atoms with Crippen molar-refractivity contribution in [1.82, 2.24) is 4.90 Å². The molecule has 0 unspecified atom stereocenters. The SMILES string of the molecule is CCCOC(=O)c1cc(NC(=O)CN2C(=O)S/C(=C\c3cc(OCC)c(O)cc3Br)C2=O)ccc1Cl. The Morgan fingerprint density at radius 1 is 1.22 bits per heavy atom.